The Balaban J connectivity index is 2.28. The van der Waals surface area contributed by atoms with Gasteiger partial charge in [0.15, 0.2) is 0 Å². The molecule has 0 N–H and O–H groups in total. The van der Waals surface area contributed by atoms with Gasteiger partial charge in [-0.25, -0.2) is 0 Å². The van der Waals surface area contributed by atoms with Gasteiger partial charge in [-0.05, 0) is 44.9 Å². The SMILES string of the molecule is [CH]1CCC=CC=CCCC=CCC1. The minimum atomic E-state index is 1.17. The lowest BCUT2D eigenvalue weighted by Crippen LogP contribution is -1.75. The van der Waals surface area contributed by atoms with E-state index in [2.05, 4.69) is 42.9 Å². The molecule has 0 spiro atoms. The van der Waals surface area contributed by atoms with Crippen LogP contribution in [0.4, 0.5) is 0 Å². The molecule has 1 aliphatic rings. The van der Waals surface area contributed by atoms with Gasteiger partial charge in [0.05, 0.1) is 0 Å². The highest BCUT2D eigenvalue weighted by Gasteiger charge is 1.86. The molecule has 0 aliphatic heterocycles. The molecule has 0 aromatic heterocycles. The van der Waals surface area contributed by atoms with Crippen LogP contribution in [0.1, 0.15) is 38.5 Å². The summed E-state index contributed by atoms with van der Waals surface area (Å²) in [5, 5.41) is 0. The molecule has 1 aliphatic carbocycles. The number of hydrogen-bond acceptors (Lipinski definition) is 0. The van der Waals surface area contributed by atoms with Gasteiger partial charge in [0.2, 0.25) is 0 Å². The van der Waals surface area contributed by atoms with Crippen molar-refractivity contribution < 1.29 is 0 Å². The largest absolute Gasteiger partial charge is 0.0885 e. The average Bonchev–Trinajstić information content (AvgIpc) is 2.18. The van der Waals surface area contributed by atoms with Gasteiger partial charge in [-0.15, -0.1) is 0 Å². The van der Waals surface area contributed by atoms with Crippen molar-refractivity contribution in [3.8, 4) is 0 Å². The van der Waals surface area contributed by atoms with Crippen molar-refractivity contribution >= 4 is 0 Å². The second-order valence-electron chi connectivity index (χ2n) is 3.35. The minimum Gasteiger partial charge on any atom is -0.0885 e. The van der Waals surface area contributed by atoms with E-state index in [0.717, 1.165) is 0 Å². The van der Waals surface area contributed by atoms with Crippen molar-refractivity contribution in [2.24, 2.45) is 0 Å². The maximum atomic E-state index is 2.39. The van der Waals surface area contributed by atoms with Gasteiger partial charge in [0.25, 0.3) is 0 Å². The van der Waals surface area contributed by atoms with E-state index in [0.29, 0.717) is 0 Å². The second-order valence-corrected chi connectivity index (χ2v) is 3.35. The van der Waals surface area contributed by atoms with Crippen LogP contribution in [-0.4, -0.2) is 0 Å². The van der Waals surface area contributed by atoms with Crippen molar-refractivity contribution in [3.63, 3.8) is 0 Å². The van der Waals surface area contributed by atoms with Crippen LogP contribution in [0, 0.1) is 6.42 Å². The number of rotatable bonds is 0. The normalized spacial score (nSPS) is 20.3. The monoisotopic (exact) mass is 175 g/mol. The molecular formula is C13H19. The van der Waals surface area contributed by atoms with Gasteiger partial charge < -0.3 is 0 Å². The molecule has 0 fully saturated rings. The molecule has 1 radical (unpaired) electrons. The first-order valence-corrected chi connectivity index (χ1v) is 5.28. The molecule has 0 saturated carbocycles. The first kappa shape index (κ1) is 10.3. The Bertz CT molecular complexity index is 184. The Morgan fingerprint density at radius 1 is 0.462 bits per heavy atom. The van der Waals surface area contributed by atoms with Crippen molar-refractivity contribution in [2.75, 3.05) is 0 Å². The molecule has 0 heterocycles. The van der Waals surface area contributed by atoms with Gasteiger partial charge in [0, 0.05) is 0 Å². The minimum absolute atomic E-state index is 1.17. The topological polar surface area (TPSA) is 0 Å². The zero-order chi connectivity index (χ0) is 9.19. The summed E-state index contributed by atoms with van der Waals surface area (Å²) in [6, 6.07) is 0. The maximum absolute atomic E-state index is 2.39. The third kappa shape index (κ3) is 6.39. The van der Waals surface area contributed by atoms with E-state index in [9.17, 15) is 0 Å². The van der Waals surface area contributed by atoms with Crippen LogP contribution in [0.25, 0.3) is 0 Å². The number of hydrogen-bond donors (Lipinski definition) is 0. The van der Waals surface area contributed by atoms with Gasteiger partial charge in [-0.1, -0.05) is 36.5 Å². The molecule has 71 valence electrons. The molecule has 0 aromatic carbocycles. The van der Waals surface area contributed by atoms with Crippen LogP contribution in [0.5, 0.6) is 0 Å². The van der Waals surface area contributed by atoms with Crippen molar-refractivity contribution in [1.29, 1.82) is 0 Å². The summed E-state index contributed by atoms with van der Waals surface area (Å²) >= 11 is 0. The lowest BCUT2D eigenvalue weighted by molar-refractivity contribution is 0.854. The van der Waals surface area contributed by atoms with E-state index >= 15 is 0 Å². The van der Waals surface area contributed by atoms with E-state index in [1.807, 2.05) is 0 Å². The summed E-state index contributed by atoms with van der Waals surface area (Å²) in [6.07, 6.45) is 23.0. The molecule has 0 unspecified atom stereocenters. The van der Waals surface area contributed by atoms with Crippen molar-refractivity contribution in [1.82, 2.24) is 0 Å². The molecule has 0 nitrogen and oxygen atoms in total. The Morgan fingerprint density at radius 2 is 0.923 bits per heavy atom. The number of allylic oxidation sites excluding steroid dienone is 6. The zero-order valence-corrected chi connectivity index (χ0v) is 8.28. The molecule has 0 heteroatoms. The highest BCUT2D eigenvalue weighted by Crippen LogP contribution is 2.05. The van der Waals surface area contributed by atoms with Gasteiger partial charge in [-0.3, -0.25) is 0 Å². The highest BCUT2D eigenvalue weighted by atomic mass is 13.9. The summed E-state index contributed by atoms with van der Waals surface area (Å²) in [4.78, 5) is 0. The molecular weight excluding hydrogens is 156 g/mol. The lowest BCUT2D eigenvalue weighted by atomic mass is 10.1. The van der Waals surface area contributed by atoms with Gasteiger partial charge in [-0.2, -0.15) is 0 Å². The summed E-state index contributed by atoms with van der Waals surface area (Å²) in [5.41, 5.74) is 0. The van der Waals surface area contributed by atoms with Crippen LogP contribution in [-0.2, 0) is 0 Å². The Morgan fingerprint density at radius 3 is 1.62 bits per heavy atom. The molecule has 0 saturated heterocycles. The van der Waals surface area contributed by atoms with Crippen molar-refractivity contribution in [2.45, 2.75) is 38.5 Å². The fraction of sp³-hybridized carbons (Fsp3) is 0.462. The molecule has 0 amide bonds. The summed E-state index contributed by atoms with van der Waals surface area (Å²) in [6.45, 7) is 0. The van der Waals surface area contributed by atoms with E-state index < -0.39 is 0 Å². The first-order valence-electron chi connectivity index (χ1n) is 5.28. The predicted molar refractivity (Wildman–Crippen MR) is 59.4 cm³/mol. The second kappa shape index (κ2) is 7.85. The molecule has 13 heavy (non-hydrogen) atoms. The van der Waals surface area contributed by atoms with Crippen LogP contribution in [0.3, 0.4) is 0 Å². The van der Waals surface area contributed by atoms with Gasteiger partial charge >= 0.3 is 0 Å². The van der Waals surface area contributed by atoms with E-state index in [-0.39, 0.29) is 0 Å². The van der Waals surface area contributed by atoms with E-state index in [1.54, 1.807) is 0 Å². The Kier molecular flexibility index (Phi) is 6.22. The third-order valence-corrected chi connectivity index (χ3v) is 2.12. The first-order chi connectivity index (χ1) is 6.50. The van der Waals surface area contributed by atoms with Crippen LogP contribution >= 0.6 is 0 Å². The van der Waals surface area contributed by atoms with Gasteiger partial charge in [0.1, 0.15) is 0 Å². The highest BCUT2D eigenvalue weighted by molar-refractivity contribution is 5.03. The van der Waals surface area contributed by atoms with E-state index in [4.69, 9.17) is 0 Å². The summed E-state index contributed by atoms with van der Waals surface area (Å²) in [5.74, 6) is 0. The maximum Gasteiger partial charge on any atom is -0.0313 e. The molecule has 0 bridgehead atoms. The molecule has 0 aromatic rings. The summed E-state index contributed by atoms with van der Waals surface area (Å²) in [7, 11) is 0. The predicted octanol–water partition coefficient (Wildman–Crippen LogP) is 4.21. The smallest absolute Gasteiger partial charge is 0.0313 e. The zero-order valence-electron chi connectivity index (χ0n) is 8.28. The van der Waals surface area contributed by atoms with E-state index in [1.165, 1.54) is 38.5 Å². The van der Waals surface area contributed by atoms with Crippen molar-refractivity contribution in [3.05, 3.63) is 42.9 Å². The molecule has 0 atom stereocenters. The fourth-order valence-electron chi connectivity index (χ4n) is 1.35. The third-order valence-electron chi connectivity index (χ3n) is 2.12. The standard InChI is InChI=1S/C13H19/c1-2-4-6-8-10-12-13-11-9-7-5-3-1/h1-4,9-11H,5-8,12-13H2. The quantitative estimate of drug-likeness (QED) is 0.484. The Labute approximate surface area is 82.0 Å². The Hall–Kier alpha value is -0.780. The fourth-order valence-corrected chi connectivity index (χ4v) is 1.35. The summed E-state index contributed by atoms with van der Waals surface area (Å²) < 4.78 is 0. The van der Waals surface area contributed by atoms with Crippen LogP contribution in [0.2, 0.25) is 0 Å². The lowest BCUT2D eigenvalue weighted by Gasteiger charge is -1.93. The average molecular weight is 175 g/mol. The van der Waals surface area contributed by atoms with Crippen LogP contribution < -0.4 is 0 Å². The molecule has 1 rings (SSSR count). The van der Waals surface area contributed by atoms with Crippen LogP contribution in [0.15, 0.2) is 36.5 Å².